The fourth-order valence-corrected chi connectivity index (χ4v) is 0.534. The van der Waals surface area contributed by atoms with Crippen LogP contribution in [0.4, 0.5) is 0 Å². The third kappa shape index (κ3) is 12.5. The zero-order chi connectivity index (χ0) is 9.11. The van der Waals surface area contributed by atoms with Gasteiger partial charge in [0.2, 0.25) is 0 Å². The Hall–Kier alpha value is -0.690. The summed E-state index contributed by atoms with van der Waals surface area (Å²) in [5.41, 5.74) is 0. The van der Waals surface area contributed by atoms with Crippen LogP contribution in [-0.4, -0.2) is 0 Å². The monoisotopic (exact) mass is 168 g/mol. The van der Waals surface area contributed by atoms with Crippen molar-refractivity contribution >= 4 is 12.6 Å². The van der Waals surface area contributed by atoms with E-state index in [1.165, 1.54) is 0 Å². The van der Waals surface area contributed by atoms with Crippen LogP contribution in [0.3, 0.4) is 0 Å². The Kier molecular flexibility index (Phi) is 14.2. The molecule has 62 valence electrons. The van der Waals surface area contributed by atoms with Crippen LogP contribution in [0.15, 0.2) is 48.4 Å². The van der Waals surface area contributed by atoms with Gasteiger partial charge in [0, 0.05) is 4.91 Å². The molecule has 11 heavy (non-hydrogen) atoms. The summed E-state index contributed by atoms with van der Waals surface area (Å²) in [4.78, 5) is 0.880. The van der Waals surface area contributed by atoms with Crippen LogP contribution in [0.25, 0.3) is 0 Å². The molecule has 0 spiro atoms. The minimum absolute atomic E-state index is 0.880. The first-order chi connectivity index (χ1) is 5.31. The molecule has 0 aliphatic carbocycles. The first-order valence-electron chi connectivity index (χ1n) is 3.62. The van der Waals surface area contributed by atoms with Gasteiger partial charge in [0.05, 0.1) is 0 Å². The van der Waals surface area contributed by atoms with E-state index in [-0.39, 0.29) is 0 Å². The van der Waals surface area contributed by atoms with Crippen LogP contribution in [-0.2, 0) is 0 Å². The van der Waals surface area contributed by atoms with E-state index in [0.717, 1.165) is 4.91 Å². The first kappa shape index (κ1) is 12.9. The lowest BCUT2D eigenvalue weighted by Crippen LogP contribution is -1.58. The van der Waals surface area contributed by atoms with Crippen LogP contribution < -0.4 is 0 Å². The average Bonchev–Trinajstić information content (AvgIpc) is 2.05. The molecule has 0 saturated carbocycles. The van der Waals surface area contributed by atoms with Gasteiger partial charge in [0.1, 0.15) is 0 Å². The average molecular weight is 168 g/mol. The van der Waals surface area contributed by atoms with E-state index < -0.39 is 0 Å². The topological polar surface area (TPSA) is 0 Å². The highest BCUT2D eigenvalue weighted by molar-refractivity contribution is 7.84. The van der Waals surface area contributed by atoms with Crippen LogP contribution >= 0.6 is 12.6 Å². The largest absolute Gasteiger partial charge is 0.143 e. The van der Waals surface area contributed by atoms with Crippen molar-refractivity contribution in [2.45, 2.75) is 13.8 Å². The van der Waals surface area contributed by atoms with E-state index in [4.69, 9.17) is 0 Å². The zero-order valence-electron chi connectivity index (χ0n) is 7.25. The molecule has 0 aliphatic heterocycles. The van der Waals surface area contributed by atoms with Crippen molar-refractivity contribution in [1.29, 1.82) is 0 Å². The van der Waals surface area contributed by atoms with E-state index in [2.05, 4.69) is 25.8 Å². The molecule has 0 aromatic heterocycles. The molecule has 0 fully saturated rings. The quantitative estimate of drug-likeness (QED) is 0.481. The van der Waals surface area contributed by atoms with Crippen LogP contribution in [0.5, 0.6) is 0 Å². The van der Waals surface area contributed by atoms with Gasteiger partial charge in [-0.25, -0.2) is 0 Å². The molecule has 0 aromatic carbocycles. The molecule has 0 aliphatic rings. The molecular weight excluding hydrogens is 152 g/mol. The lowest BCUT2D eigenvalue weighted by atomic mass is 10.4. The number of rotatable bonds is 3. The summed E-state index contributed by atoms with van der Waals surface area (Å²) in [5.74, 6) is 0. The standard InChI is InChI=1S/C8H10S.C2H6/c1-3-5-7-8(9)6-4-2;1-2/h3-7,9H,1-2H2;1-2H3/b7-5-,8-6+;. The Morgan fingerprint density at radius 3 is 2.09 bits per heavy atom. The van der Waals surface area contributed by atoms with Crippen molar-refractivity contribution in [2.75, 3.05) is 0 Å². The molecule has 0 heterocycles. The summed E-state index contributed by atoms with van der Waals surface area (Å²) in [6.07, 6.45) is 8.87. The van der Waals surface area contributed by atoms with E-state index in [9.17, 15) is 0 Å². The molecule has 0 rings (SSSR count). The van der Waals surface area contributed by atoms with E-state index in [1.54, 1.807) is 12.2 Å². The number of hydrogen-bond donors (Lipinski definition) is 1. The van der Waals surface area contributed by atoms with Gasteiger partial charge in [-0.3, -0.25) is 0 Å². The maximum Gasteiger partial charge on any atom is 0.00397 e. The summed E-state index contributed by atoms with van der Waals surface area (Å²) in [5, 5.41) is 0. The molecule has 1 heteroatoms. The summed E-state index contributed by atoms with van der Waals surface area (Å²) >= 11 is 4.10. The van der Waals surface area contributed by atoms with Gasteiger partial charge < -0.3 is 0 Å². The van der Waals surface area contributed by atoms with Gasteiger partial charge in [0.15, 0.2) is 0 Å². The molecule has 0 unspecified atom stereocenters. The Morgan fingerprint density at radius 2 is 1.73 bits per heavy atom. The molecule has 0 amide bonds. The third-order valence-corrected chi connectivity index (χ3v) is 0.990. The fraction of sp³-hybridized carbons (Fsp3) is 0.200. The molecule has 0 N–H and O–H groups in total. The van der Waals surface area contributed by atoms with E-state index in [1.807, 2.05) is 32.1 Å². The van der Waals surface area contributed by atoms with Crippen molar-refractivity contribution in [3.05, 3.63) is 48.4 Å². The van der Waals surface area contributed by atoms with Crippen molar-refractivity contribution in [3.8, 4) is 0 Å². The van der Waals surface area contributed by atoms with Gasteiger partial charge in [-0.05, 0) is 12.2 Å². The lowest BCUT2D eigenvalue weighted by Gasteiger charge is -1.82. The fourth-order valence-electron chi connectivity index (χ4n) is 0.343. The van der Waals surface area contributed by atoms with Crippen LogP contribution in [0, 0.1) is 0 Å². The normalized spacial score (nSPS) is 10.3. The van der Waals surface area contributed by atoms with Gasteiger partial charge in [0.25, 0.3) is 0 Å². The third-order valence-electron chi connectivity index (χ3n) is 0.692. The predicted molar refractivity (Wildman–Crippen MR) is 58.0 cm³/mol. The zero-order valence-corrected chi connectivity index (χ0v) is 8.14. The van der Waals surface area contributed by atoms with Gasteiger partial charge >= 0.3 is 0 Å². The molecule has 0 atom stereocenters. The summed E-state index contributed by atoms with van der Waals surface area (Å²) in [7, 11) is 0. The van der Waals surface area contributed by atoms with Crippen LogP contribution in [0.1, 0.15) is 13.8 Å². The molecule has 0 radical (unpaired) electrons. The molecule has 0 saturated heterocycles. The van der Waals surface area contributed by atoms with E-state index >= 15 is 0 Å². The SMILES string of the molecule is C=C/C=C\C(S)=C/C=C.CC. The van der Waals surface area contributed by atoms with Crippen molar-refractivity contribution in [1.82, 2.24) is 0 Å². The highest BCUT2D eigenvalue weighted by Crippen LogP contribution is 2.01. The summed E-state index contributed by atoms with van der Waals surface area (Å²) < 4.78 is 0. The van der Waals surface area contributed by atoms with Crippen LogP contribution in [0.2, 0.25) is 0 Å². The summed E-state index contributed by atoms with van der Waals surface area (Å²) in [6, 6.07) is 0. The maximum atomic E-state index is 4.10. The second-order valence-corrected chi connectivity index (χ2v) is 1.94. The Bertz CT molecular complexity index is 152. The van der Waals surface area contributed by atoms with Gasteiger partial charge in [-0.2, -0.15) is 0 Å². The number of hydrogen-bond acceptors (Lipinski definition) is 1. The maximum absolute atomic E-state index is 4.10. The number of thiol groups is 1. The van der Waals surface area contributed by atoms with Crippen molar-refractivity contribution < 1.29 is 0 Å². The molecule has 0 aromatic rings. The minimum atomic E-state index is 0.880. The second kappa shape index (κ2) is 12.0. The van der Waals surface area contributed by atoms with Crippen molar-refractivity contribution in [2.24, 2.45) is 0 Å². The second-order valence-electron chi connectivity index (χ2n) is 1.42. The molecule has 0 nitrogen and oxygen atoms in total. The summed E-state index contributed by atoms with van der Waals surface area (Å²) in [6.45, 7) is 11.0. The lowest BCUT2D eigenvalue weighted by molar-refractivity contribution is 1.50. The Balaban J connectivity index is 0. The number of allylic oxidation sites excluding steroid dienone is 5. The molecular formula is C10H16S. The Labute approximate surface area is 75.4 Å². The predicted octanol–water partition coefficient (Wildman–Crippen LogP) is 3.75. The first-order valence-corrected chi connectivity index (χ1v) is 4.06. The minimum Gasteiger partial charge on any atom is -0.143 e. The van der Waals surface area contributed by atoms with Crippen molar-refractivity contribution in [3.63, 3.8) is 0 Å². The van der Waals surface area contributed by atoms with Gasteiger partial charge in [-0.1, -0.05) is 45.2 Å². The van der Waals surface area contributed by atoms with Gasteiger partial charge in [-0.15, -0.1) is 12.6 Å². The van der Waals surface area contributed by atoms with E-state index in [0.29, 0.717) is 0 Å². The smallest absolute Gasteiger partial charge is 0.00397 e. The Morgan fingerprint density at radius 1 is 1.18 bits per heavy atom. The highest BCUT2D eigenvalue weighted by atomic mass is 32.1. The highest BCUT2D eigenvalue weighted by Gasteiger charge is 1.73. The molecule has 0 bridgehead atoms.